The van der Waals surface area contributed by atoms with Crippen molar-refractivity contribution in [2.45, 2.75) is 0 Å². The standard InChI is InChI=1S/C42H27N3.2C30H20N2/c1-7-19-37-31(13-1)32-14-2-8-20-38(32)43(37)28-25-29(44-39-21-9-3-15-33(39)34-16-4-10-22-40(34)44)27-30(26-28)45-41-23-11-5-17-35(41)36-18-6-12-24-42(36)45;1-5-16-27-23(12-1)24-13-2-6-17-28(24)31(27)21-10-9-11-22(20-21)32-29-18-7-3-14-25(29)26-15-4-8-19-30(26)32;1-5-13-27-23(9-1)24-10-2-6-14-28(24)31(27)21-17-19-22(20-18-21)32-29-15-7-3-11-25(29)26-12-4-8-16-30(26)32/h1-27H;2*1-20H. The number of aromatic nitrogens is 7. The van der Waals surface area contributed by atoms with Gasteiger partial charge in [0.25, 0.3) is 0 Å². The Labute approximate surface area is 626 Å². The molecule has 0 bridgehead atoms. The Kier molecular flexibility index (Phi) is 14.2. The van der Waals surface area contributed by atoms with Crippen LogP contribution in [0.4, 0.5) is 0 Å². The van der Waals surface area contributed by atoms with Crippen molar-refractivity contribution >= 4 is 153 Å². The Morgan fingerprint density at radius 1 is 0.0917 bits per heavy atom. The summed E-state index contributed by atoms with van der Waals surface area (Å²) in [4.78, 5) is 0. The molecule has 0 saturated heterocycles. The SMILES string of the molecule is c1cc(-n2c3ccccc3c3ccccc32)cc(-n2c3ccccc3c3ccccc32)c1.c1ccc2c(c1)c1ccccc1n2-c1cc(-n2c3ccccc3c3ccccc32)cc(-n2c3ccccc3c3ccccc32)c1.c1ccc2c(c1)c1ccccc1n2-c1ccc(-n2c3ccccc3c3ccccc32)cc1. The van der Waals surface area contributed by atoms with E-state index < -0.39 is 0 Å². The Bertz CT molecular complexity index is 6800. The normalized spacial score (nSPS) is 11.9. The summed E-state index contributed by atoms with van der Waals surface area (Å²) in [6.07, 6.45) is 0. The van der Waals surface area contributed by atoms with Gasteiger partial charge in [-0.15, -0.1) is 0 Å². The number of benzene rings is 17. The van der Waals surface area contributed by atoms with Crippen LogP contribution in [0.25, 0.3) is 192 Å². The van der Waals surface area contributed by atoms with Crippen molar-refractivity contribution in [3.05, 3.63) is 406 Å². The van der Waals surface area contributed by atoms with Gasteiger partial charge in [0, 0.05) is 98.2 Å². The third-order valence-electron chi connectivity index (χ3n) is 22.4. The maximum Gasteiger partial charge on any atom is 0.0541 e. The molecule has 0 aliphatic carbocycles. The number of para-hydroxylation sites is 14. The number of fused-ring (bicyclic) bond motifs is 21. The molecule has 0 amide bonds. The molecule has 24 rings (SSSR count). The summed E-state index contributed by atoms with van der Waals surface area (Å²) in [6, 6.07) is 147. The highest BCUT2D eigenvalue weighted by Crippen LogP contribution is 2.42. The Balaban J connectivity index is 0.000000103. The molecule has 109 heavy (non-hydrogen) atoms. The average molecular weight is 1390 g/mol. The first-order chi connectivity index (χ1) is 54.1. The largest absolute Gasteiger partial charge is 0.309 e. The fourth-order valence-electron chi connectivity index (χ4n) is 17.9. The summed E-state index contributed by atoms with van der Waals surface area (Å²) >= 11 is 0. The minimum atomic E-state index is 1.13. The zero-order valence-corrected chi connectivity index (χ0v) is 59.3. The third-order valence-corrected chi connectivity index (χ3v) is 22.4. The van der Waals surface area contributed by atoms with Gasteiger partial charge in [-0.25, -0.2) is 0 Å². The molecule has 24 aromatic rings. The Hall–Kier alpha value is -14.7. The van der Waals surface area contributed by atoms with E-state index in [4.69, 9.17) is 0 Å². The monoisotopic (exact) mass is 1390 g/mol. The second-order valence-corrected chi connectivity index (χ2v) is 28.3. The minimum absolute atomic E-state index is 1.13. The van der Waals surface area contributed by atoms with Crippen LogP contribution in [-0.2, 0) is 0 Å². The van der Waals surface area contributed by atoms with E-state index >= 15 is 0 Å². The maximum absolute atomic E-state index is 2.43. The molecule has 0 saturated carbocycles. The lowest BCUT2D eigenvalue weighted by Crippen LogP contribution is -2.03. The van der Waals surface area contributed by atoms with Gasteiger partial charge >= 0.3 is 0 Å². The number of hydrogen-bond acceptors (Lipinski definition) is 0. The van der Waals surface area contributed by atoms with Crippen molar-refractivity contribution < 1.29 is 0 Å². The molecule has 7 aromatic heterocycles. The predicted octanol–water partition coefficient (Wildman–Crippen LogP) is 26.7. The van der Waals surface area contributed by atoms with Gasteiger partial charge in [0.1, 0.15) is 0 Å². The minimum Gasteiger partial charge on any atom is -0.309 e. The maximum atomic E-state index is 2.43. The van der Waals surface area contributed by atoms with Crippen LogP contribution in [0.2, 0.25) is 0 Å². The van der Waals surface area contributed by atoms with E-state index in [-0.39, 0.29) is 0 Å². The van der Waals surface area contributed by atoms with Crippen LogP contribution in [0.3, 0.4) is 0 Å². The predicted molar refractivity (Wildman–Crippen MR) is 460 cm³/mol. The summed E-state index contributed by atoms with van der Waals surface area (Å²) in [5, 5.41) is 17.8. The van der Waals surface area contributed by atoms with Crippen molar-refractivity contribution in [1.82, 2.24) is 32.0 Å². The van der Waals surface area contributed by atoms with Crippen molar-refractivity contribution in [1.29, 1.82) is 0 Å². The van der Waals surface area contributed by atoms with Crippen molar-refractivity contribution in [3.8, 4) is 39.8 Å². The second-order valence-electron chi connectivity index (χ2n) is 28.3. The number of hydrogen-bond donors (Lipinski definition) is 0. The number of rotatable bonds is 7. The van der Waals surface area contributed by atoms with Crippen LogP contribution in [-0.4, -0.2) is 32.0 Å². The molecule has 7 heterocycles. The lowest BCUT2D eigenvalue weighted by atomic mass is 10.2. The zero-order chi connectivity index (χ0) is 71.6. The van der Waals surface area contributed by atoms with Gasteiger partial charge in [-0.2, -0.15) is 0 Å². The molecule has 0 atom stereocenters. The molecule has 0 spiro atoms. The van der Waals surface area contributed by atoms with E-state index in [2.05, 4.69) is 438 Å². The van der Waals surface area contributed by atoms with E-state index in [0.29, 0.717) is 0 Å². The zero-order valence-electron chi connectivity index (χ0n) is 59.3. The molecule has 7 nitrogen and oxygen atoms in total. The van der Waals surface area contributed by atoms with E-state index in [0.717, 1.165) is 17.1 Å². The summed E-state index contributed by atoms with van der Waals surface area (Å²) in [7, 11) is 0. The molecule has 0 N–H and O–H groups in total. The summed E-state index contributed by atoms with van der Waals surface area (Å²) in [6.45, 7) is 0. The Morgan fingerprint density at radius 2 is 0.211 bits per heavy atom. The average Bonchev–Trinajstić information content (AvgIpc) is 1.63. The van der Waals surface area contributed by atoms with Crippen LogP contribution >= 0.6 is 0 Å². The van der Waals surface area contributed by atoms with Crippen LogP contribution < -0.4 is 0 Å². The van der Waals surface area contributed by atoms with Crippen LogP contribution in [0.1, 0.15) is 0 Å². The van der Waals surface area contributed by atoms with Gasteiger partial charge in [0.15, 0.2) is 0 Å². The molecular weight excluding hydrogens is 1320 g/mol. The van der Waals surface area contributed by atoms with Crippen molar-refractivity contribution in [3.63, 3.8) is 0 Å². The van der Waals surface area contributed by atoms with Gasteiger partial charge in [-0.05, 0) is 146 Å². The van der Waals surface area contributed by atoms with Gasteiger partial charge in [0.2, 0.25) is 0 Å². The van der Waals surface area contributed by atoms with E-state index in [1.807, 2.05) is 0 Å². The van der Waals surface area contributed by atoms with Gasteiger partial charge in [-0.3, -0.25) is 0 Å². The molecule has 0 radical (unpaired) electrons. The fraction of sp³-hybridized carbons (Fsp3) is 0. The fourth-order valence-corrected chi connectivity index (χ4v) is 17.9. The third kappa shape index (κ3) is 9.70. The van der Waals surface area contributed by atoms with Crippen LogP contribution in [0.5, 0.6) is 0 Å². The molecule has 0 aliphatic rings. The molecule has 0 aliphatic heterocycles. The lowest BCUT2D eigenvalue weighted by molar-refractivity contribution is 1.10. The molecule has 510 valence electrons. The molecule has 17 aromatic carbocycles. The molecule has 0 fully saturated rings. The smallest absolute Gasteiger partial charge is 0.0541 e. The number of nitrogens with zero attached hydrogens (tertiary/aromatic N) is 7. The lowest BCUT2D eigenvalue weighted by Gasteiger charge is -2.17. The summed E-state index contributed by atoms with van der Waals surface area (Å²) < 4.78 is 16.8. The first-order valence-electron chi connectivity index (χ1n) is 37.4. The molecular formula is C102H67N7. The van der Waals surface area contributed by atoms with Crippen LogP contribution in [0, 0.1) is 0 Å². The quantitative estimate of drug-likeness (QED) is 0.152. The highest BCUT2D eigenvalue weighted by Gasteiger charge is 2.22. The highest BCUT2D eigenvalue weighted by molar-refractivity contribution is 6.15. The highest BCUT2D eigenvalue weighted by atomic mass is 15.1. The van der Waals surface area contributed by atoms with E-state index in [1.165, 1.54) is 175 Å². The summed E-state index contributed by atoms with van der Waals surface area (Å²) in [5.41, 5.74) is 25.1. The first-order valence-corrected chi connectivity index (χ1v) is 37.4. The first kappa shape index (κ1) is 61.8. The molecule has 7 heteroatoms. The molecule has 0 unspecified atom stereocenters. The van der Waals surface area contributed by atoms with Gasteiger partial charge in [-0.1, -0.05) is 261 Å². The van der Waals surface area contributed by atoms with E-state index in [1.54, 1.807) is 0 Å². The van der Waals surface area contributed by atoms with Crippen LogP contribution in [0.15, 0.2) is 406 Å². The second kappa shape index (κ2) is 25.0. The Morgan fingerprint density at radius 3 is 0.367 bits per heavy atom. The van der Waals surface area contributed by atoms with Crippen molar-refractivity contribution in [2.24, 2.45) is 0 Å². The van der Waals surface area contributed by atoms with Crippen molar-refractivity contribution in [2.75, 3.05) is 0 Å². The topological polar surface area (TPSA) is 34.5 Å². The summed E-state index contributed by atoms with van der Waals surface area (Å²) in [5.74, 6) is 0. The van der Waals surface area contributed by atoms with Gasteiger partial charge in [0.05, 0.1) is 94.3 Å². The van der Waals surface area contributed by atoms with E-state index in [9.17, 15) is 0 Å². The van der Waals surface area contributed by atoms with Gasteiger partial charge < -0.3 is 32.0 Å².